The van der Waals surface area contributed by atoms with E-state index in [0.717, 1.165) is 44.5 Å². The molecule has 1 saturated carbocycles. The van der Waals surface area contributed by atoms with Gasteiger partial charge >= 0.3 is 0 Å². The van der Waals surface area contributed by atoms with E-state index in [-0.39, 0.29) is 0 Å². The predicted molar refractivity (Wildman–Crippen MR) is 82.1 cm³/mol. The Balaban J connectivity index is 1.40. The SMILES string of the molecule is CC(C)(C)CCN1CCN(Cc2nnc(C3CC3)o2)CC1. The third-order valence-electron chi connectivity index (χ3n) is 4.41. The lowest BCUT2D eigenvalue weighted by Gasteiger charge is -2.35. The zero-order valence-electron chi connectivity index (χ0n) is 13.6. The van der Waals surface area contributed by atoms with E-state index in [1.54, 1.807) is 0 Å². The lowest BCUT2D eigenvalue weighted by atomic mass is 9.92. The van der Waals surface area contributed by atoms with Crippen LogP contribution < -0.4 is 0 Å². The number of hydrogen-bond acceptors (Lipinski definition) is 5. The lowest BCUT2D eigenvalue weighted by Crippen LogP contribution is -2.46. The normalized spacial score (nSPS) is 21.9. The van der Waals surface area contributed by atoms with Crippen LogP contribution in [0.15, 0.2) is 4.42 Å². The third kappa shape index (κ3) is 4.51. The summed E-state index contributed by atoms with van der Waals surface area (Å²) < 4.78 is 5.75. The van der Waals surface area contributed by atoms with Crippen molar-refractivity contribution in [3.63, 3.8) is 0 Å². The van der Waals surface area contributed by atoms with Gasteiger partial charge in [0.1, 0.15) is 0 Å². The van der Waals surface area contributed by atoms with Gasteiger partial charge in [0.2, 0.25) is 11.8 Å². The number of piperazine rings is 1. The summed E-state index contributed by atoms with van der Waals surface area (Å²) in [7, 11) is 0. The summed E-state index contributed by atoms with van der Waals surface area (Å²) >= 11 is 0. The van der Waals surface area contributed by atoms with Crippen molar-refractivity contribution in [3.05, 3.63) is 11.8 Å². The average Bonchev–Trinajstić information content (AvgIpc) is 3.18. The fraction of sp³-hybridized carbons (Fsp3) is 0.875. The van der Waals surface area contributed by atoms with E-state index in [2.05, 4.69) is 40.8 Å². The van der Waals surface area contributed by atoms with Gasteiger partial charge in [0, 0.05) is 32.1 Å². The molecule has 0 atom stereocenters. The molecule has 0 spiro atoms. The zero-order chi connectivity index (χ0) is 14.9. The Morgan fingerprint density at radius 3 is 2.33 bits per heavy atom. The van der Waals surface area contributed by atoms with Gasteiger partial charge in [-0.2, -0.15) is 0 Å². The number of hydrogen-bond donors (Lipinski definition) is 0. The fourth-order valence-corrected chi connectivity index (χ4v) is 2.68. The molecule has 0 N–H and O–H groups in total. The molecule has 3 rings (SSSR count). The van der Waals surface area contributed by atoms with E-state index in [1.165, 1.54) is 25.8 Å². The summed E-state index contributed by atoms with van der Waals surface area (Å²) in [6, 6.07) is 0. The first kappa shape index (κ1) is 15.0. The van der Waals surface area contributed by atoms with E-state index in [4.69, 9.17) is 4.42 Å². The molecule has 0 aromatic carbocycles. The minimum atomic E-state index is 0.431. The van der Waals surface area contributed by atoms with E-state index in [9.17, 15) is 0 Å². The maximum atomic E-state index is 5.75. The number of aromatic nitrogens is 2. The molecule has 5 nitrogen and oxygen atoms in total. The Morgan fingerprint density at radius 2 is 1.71 bits per heavy atom. The van der Waals surface area contributed by atoms with Crippen LogP contribution in [0, 0.1) is 5.41 Å². The van der Waals surface area contributed by atoms with Crippen LogP contribution in [0.25, 0.3) is 0 Å². The molecular formula is C16H28N4O. The minimum absolute atomic E-state index is 0.431. The molecule has 2 fully saturated rings. The maximum Gasteiger partial charge on any atom is 0.230 e. The molecule has 2 aliphatic rings. The first-order chi connectivity index (χ1) is 9.99. The smallest absolute Gasteiger partial charge is 0.230 e. The fourth-order valence-electron chi connectivity index (χ4n) is 2.68. The van der Waals surface area contributed by atoms with Crippen LogP contribution in [0.5, 0.6) is 0 Å². The summed E-state index contributed by atoms with van der Waals surface area (Å²) in [6.07, 6.45) is 3.70. The largest absolute Gasteiger partial charge is 0.424 e. The van der Waals surface area contributed by atoms with Crippen molar-refractivity contribution >= 4 is 0 Å². The highest BCUT2D eigenvalue weighted by molar-refractivity contribution is 5.00. The molecule has 0 amide bonds. The van der Waals surface area contributed by atoms with Gasteiger partial charge < -0.3 is 9.32 Å². The van der Waals surface area contributed by atoms with Crippen molar-refractivity contribution in [2.75, 3.05) is 32.7 Å². The highest BCUT2D eigenvalue weighted by Gasteiger charge is 2.29. The molecule has 1 saturated heterocycles. The Morgan fingerprint density at radius 1 is 1.05 bits per heavy atom. The van der Waals surface area contributed by atoms with Crippen molar-refractivity contribution in [2.45, 2.75) is 52.5 Å². The number of nitrogens with zero attached hydrogens (tertiary/aromatic N) is 4. The molecule has 1 aliphatic carbocycles. The second-order valence-electron chi connectivity index (χ2n) is 7.74. The highest BCUT2D eigenvalue weighted by atomic mass is 16.4. The lowest BCUT2D eigenvalue weighted by molar-refractivity contribution is 0.109. The quantitative estimate of drug-likeness (QED) is 0.834. The molecule has 5 heteroatoms. The van der Waals surface area contributed by atoms with Gasteiger partial charge in [-0.25, -0.2) is 0 Å². The standard InChI is InChI=1S/C16H28N4O/c1-16(2,3)6-7-19-8-10-20(11-9-19)12-14-17-18-15(21-14)13-4-5-13/h13H,4-12H2,1-3H3. The maximum absolute atomic E-state index is 5.75. The Bertz CT molecular complexity index is 453. The molecular weight excluding hydrogens is 264 g/mol. The van der Waals surface area contributed by atoms with E-state index in [0.29, 0.717) is 11.3 Å². The van der Waals surface area contributed by atoms with Crippen molar-refractivity contribution < 1.29 is 4.42 Å². The van der Waals surface area contributed by atoms with Gasteiger partial charge in [-0.05, 0) is 31.2 Å². The van der Waals surface area contributed by atoms with Crippen LogP contribution in [-0.4, -0.2) is 52.7 Å². The van der Waals surface area contributed by atoms with Gasteiger partial charge in [-0.3, -0.25) is 4.90 Å². The van der Waals surface area contributed by atoms with Crippen molar-refractivity contribution in [2.24, 2.45) is 5.41 Å². The Kier molecular flexibility index (Phi) is 4.31. The topological polar surface area (TPSA) is 45.4 Å². The Hall–Kier alpha value is -0.940. The van der Waals surface area contributed by atoms with Gasteiger partial charge in [0.05, 0.1) is 6.54 Å². The monoisotopic (exact) mass is 292 g/mol. The third-order valence-corrected chi connectivity index (χ3v) is 4.41. The van der Waals surface area contributed by atoms with Crippen LogP contribution in [0.2, 0.25) is 0 Å². The number of rotatable bonds is 5. The van der Waals surface area contributed by atoms with Crippen LogP contribution >= 0.6 is 0 Å². The highest BCUT2D eigenvalue weighted by Crippen LogP contribution is 2.39. The summed E-state index contributed by atoms with van der Waals surface area (Å²) in [4.78, 5) is 5.00. The second kappa shape index (κ2) is 6.05. The molecule has 0 bridgehead atoms. The Labute approximate surface area is 127 Å². The van der Waals surface area contributed by atoms with Gasteiger partial charge in [-0.15, -0.1) is 10.2 Å². The molecule has 0 radical (unpaired) electrons. The van der Waals surface area contributed by atoms with Crippen molar-refractivity contribution in [1.82, 2.24) is 20.0 Å². The van der Waals surface area contributed by atoms with Crippen LogP contribution in [-0.2, 0) is 6.54 Å². The van der Waals surface area contributed by atoms with Gasteiger partial charge in [-0.1, -0.05) is 20.8 Å². The van der Waals surface area contributed by atoms with Gasteiger partial charge in [0.15, 0.2) is 0 Å². The molecule has 118 valence electrons. The summed E-state index contributed by atoms with van der Waals surface area (Å²) in [6.45, 7) is 13.5. The van der Waals surface area contributed by atoms with Gasteiger partial charge in [0.25, 0.3) is 0 Å². The molecule has 2 heterocycles. The molecule has 21 heavy (non-hydrogen) atoms. The van der Waals surface area contributed by atoms with E-state index >= 15 is 0 Å². The van der Waals surface area contributed by atoms with Crippen molar-refractivity contribution in [1.29, 1.82) is 0 Å². The van der Waals surface area contributed by atoms with Crippen LogP contribution in [0.4, 0.5) is 0 Å². The summed E-state index contributed by atoms with van der Waals surface area (Å²) in [5, 5.41) is 8.35. The first-order valence-electron chi connectivity index (χ1n) is 8.27. The predicted octanol–water partition coefficient (Wildman–Crippen LogP) is 2.50. The minimum Gasteiger partial charge on any atom is -0.424 e. The second-order valence-corrected chi connectivity index (χ2v) is 7.74. The first-order valence-corrected chi connectivity index (χ1v) is 8.27. The van der Waals surface area contributed by atoms with Crippen molar-refractivity contribution in [3.8, 4) is 0 Å². The molecule has 1 aromatic rings. The molecule has 1 aromatic heterocycles. The van der Waals surface area contributed by atoms with Crippen LogP contribution in [0.1, 0.15) is 57.7 Å². The summed E-state index contributed by atoms with van der Waals surface area (Å²) in [5.74, 6) is 2.20. The van der Waals surface area contributed by atoms with E-state index in [1.807, 2.05) is 0 Å². The molecule has 1 aliphatic heterocycles. The average molecular weight is 292 g/mol. The van der Waals surface area contributed by atoms with E-state index < -0.39 is 0 Å². The van der Waals surface area contributed by atoms with Crippen LogP contribution in [0.3, 0.4) is 0 Å². The molecule has 0 unspecified atom stereocenters. The zero-order valence-corrected chi connectivity index (χ0v) is 13.6. The summed E-state index contributed by atoms with van der Waals surface area (Å²) in [5.41, 5.74) is 0.431.